The van der Waals surface area contributed by atoms with Crippen molar-refractivity contribution in [1.82, 2.24) is 5.32 Å². The van der Waals surface area contributed by atoms with Gasteiger partial charge >= 0.3 is 0 Å². The molecule has 1 aromatic rings. The third-order valence-corrected chi connectivity index (χ3v) is 2.61. The Labute approximate surface area is 115 Å². The Bertz CT molecular complexity index is 526. The highest BCUT2D eigenvalue weighted by Gasteiger charge is 2.14. The molecule has 1 amide bonds. The molecule has 106 valence electrons. The standard InChI is InChI=1S/C12H15N5O3/c13-16-15-8-4-3-7-14-12(18)9-10-5-1-2-6-11(10)17(19)20/h1-2,5-6H,3-4,7-9H2,(H,14,18). The molecule has 8 heteroatoms. The van der Waals surface area contributed by atoms with Gasteiger partial charge in [0.25, 0.3) is 5.69 Å². The molecule has 0 atom stereocenters. The second kappa shape index (κ2) is 8.49. The van der Waals surface area contributed by atoms with E-state index in [1.54, 1.807) is 18.2 Å². The van der Waals surface area contributed by atoms with E-state index >= 15 is 0 Å². The lowest BCUT2D eigenvalue weighted by molar-refractivity contribution is -0.385. The van der Waals surface area contributed by atoms with Crippen molar-refractivity contribution in [3.05, 3.63) is 50.4 Å². The van der Waals surface area contributed by atoms with E-state index in [0.29, 0.717) is 31.5 Å². The molecule has 1 rings (SSSR count). The van der Waals surface area contributed by atoms with Crippen LogP contribution in [-0.4, -0.2) is 23.9 Å². The zero-order valence-corrected chi connectivity index (χ0v) is 10.9. The Hall–Kier alpha value is -2.60. The topological polar surface area (TPSA) is 121 Å². The van der Waals surface area contributed by atoms with Gasteiger partial charge in [-0.15, -0.1) is 0 Å². The summed E-state index contributed by atoms with van der Waals surface area (Å²) in [6.07, 6.45) is 1.37. The maximum absolute atomic E-state index is 11.7. The van der Waals surface area contributed by atoms with Crippen LogP contribution >= 0.6 is 0 Å². The van der Waals surface area contributed by atoms with Crippen molar-refractivity contribution in [3.63, 3.8) is 0 Å². The molecule has 0 aromatic heterocycles. The summed E-state index contributed by atoms with van der Waals surface area (Å²) in [6.45, 7) is 0.858. The van der Waals surface area contributed by atoms with Crippen LogP contribution < -0.4 is 5.32 Å². The number of nitrogens with one attached hydrogen (secondary N) is 1. The SMILES string of the molecule is [N-]=[N+]=NCCCCNC(=O)Cc1ccccc1[N+](=O)[O-]. The Morgan fingerprint density at radius 1 is 1.40 bits per heavy atom. The monoisotopic (exact) mass is 277 g/mol. The highest BCUT2D eigenvalue weighted by molar-refractivity contribution is 5.79. The van der Waals surface area contributed by atoms with E-state index < -0.39 is 4.92 Å². The van der Waals surface area contributed by atoms with Gasteiger partial charge in [-0.2, -0.15) is 0 Å². The van der Waals surface area contributed by atoms with E-state index in [2.05, 4.69) is 15.3 Å². The van der Waals surface area contributed by atoms with Crippen LogP contribution in [0.5, 0.6) is 0 Å². The molecule has 0 aliphatic rings. The second-order valence-corrected chi connectivity index (χ2v) is 4.07. The number of nitrogens with zero attached hydrogens (tertiary/aromatic N) is 4. The van der Waals surface area contributed by atoms with Gasteiger partial charge in [0.05, 0.1) is 11.3 Å². The van der Waals surface area contributed by atoms with Gasteiger partial charge in [-0.3, -0.25) is 14.9 Å². The summed E-state index contributed by atoms with van der Waals surface area (Å²) in [6, 6.07) is 6.17. The lowest BCUT2D eigenvalue weighted by atomic mass is 10.1. The number of benzene rings is 1. The molecule has 20 heavy (non-hydrogen) atoms. The largest absolute Gasteiger partial charge is 0.356 e. The van der Waals surface area contributed by atoms with Crippen molar-refractivity contribution >= 4 is 11.6 Å². The number of hydrogen-bond donors (Lipinski definition) is 1. The summed E-state index contributed by atoms with van der Waals surface area (Å²) in [4.78, 5) is 24.6. The van der Waals surface area contributed by atoms with E-state index in [1.165, 1.54) is 6.07 Å². The molecular formula is C12H15N5O3. The van der Waals surface area contributed by atoms with Crippen LogP contribution in [0, 0.1) is 10.1 Å². The number of carbonyl (C=O) groups is 1. The summed E-state index contributed by atoms with van der Waals surface area (Å²) in [7, 11) is 0. The van der Waals surface area contributed by atoms with E-state index in [0.717, 1.165) is 0 Å². The average molecular weight is 277 g/mol. The smallest absolute Gasteiger partial charge is 0.273 e. The number of amides is 1. The van der Waals surface area contributed by atoms with E-state index in [-0.39, 0.29) is 18.0 Å². The minimum absolute atomic E-state index is 0.0203. The van der Waals surface area contributed by atoms with Crippen LogP contribution in [0.3, 0.4) is 0 Å². The first-order valence-electron chi connectivity index (χ1n) is 6.15. The lowest BCUT2D eigenvalue weighted by Gasteiger charge is -2.05. The first-order valence-corrected chi connectivity index (χ1v) is 6.15. The predicted molar refractivity (Wildman–Crippen MR) is 73.1 cm³/mol. The molecule has 0 unspecified atom stereocenters. The first-order chi connectivity index (χ1) is 9.65. The quantitative estimate of drug-likeness (QED) is 0.196. The Kier molecular flexibility index (Phi) is 6.56. The Morgan fingerprint density at radius 2 is 2.15 bits per heavy atom. The van der Waals surface area contributed by atoms with Gasteiger partial charge in [0.15, 0.2) is 0 Å². The predicted octanol–water partition coefficient (Wildman–Crippen LogP) is 2.34. The molecule has 0 heterocycles. The number of azide groups is 1. The van der Waals surface area contributed by atoms with Gasteiger partial charge in [0.2, 0.25) is 5.91 Å². The molecule has 0 aliphatic heterocycles. The average Bonchev–Trinajstić information content (AvgIpc) is 2.43. The van der Waals surface area contributed by atoms with Crippen LogP contribution in [0.4, 0.5) is 5.69 Å². The summed E-state index contributed by atoms with van der Waals surface area (Å²) in [5, 5.41) is 16.9. The van der Waals surface area contributed by atoms with Crippen molar-refractivity contribution in [3.8, 4) is 0 Å². The fraction of sp³-hybridized carbons (Fsp3) is 0.417. The zero-order chi connectivity index (χ0) is 14.8. The van der Waals surface area contributed by atoms with Crippen LogP contribution in [0.2, 0.25) is 0 Å². The number of nitro benzene ring substituents is 1. The normalized spacial score (nSPS) is 9.60. The summed E-state index contributed by atoms with van der Waals surface area (Å²) >= 11 is 0. The van der Waals surface area contributed by atoms with Crippen molar-refractivity contribution in [1.29, 1.82) is 0 Å². The number of rotatable bonds is 8. The summed E-state index contributed by atoms with van der Waals surface area (Å²) < 4.78 is 0. The third kappa shape index (κ3) is 5.36. The Morgan fingerprint density at radius 3 is 2.85 bits per heavy atom. The highest BCUT2D eigenvalue weighted by Crippen LogP contribution is 2.17. The van der Waals surface area contributed by atoms with E-state index in [4.69, 9.17) is 5.53 Å². The molecule has 0 aliphatic carbocycles. The number of unbranched alkanes of at least 4 members (excludes halogenated alkanes) is 1. The van der Waals surface area contributed by atoms with Crippen molar-refractivity contribution in [2.45, 2.75) is 19.3 Å². The molecular weight excluding hydrogens is 262 g/mol. The molecule has 0 fully saturated rings. The van der Waals surface area contributed by atoms with Gasteiger partial charge in [0.1, 0.15) is 0 Å². The van der Waals surface area contributed by atoms with Crippen molar-refractivity contribution in [2.75, 3.05) is 13.1 Å². The number of para-hydroxylation sites is 1. The Balaban J connectivity index is 2.39. The highest BCUT2D eigenvalue weighted by atomic mass is 16.6. The van der Waals surface area contributed by atoms with E-state index in [9.17, 15) is 14.9 Å². The first kappa shape index (κ1) is 15.5. The number of nitro groups is 1. The maximum Gasteiger partial charge on any atom is 0.273 e. The van der Waals surface area contributed by atoms with Crippen LogP contribution in [0.1, 0.15) is 18.4 Å². The lowest BCUT2D eigenvalue weighted by Crippen LogP contribution is -2.26. The minimum Gasteiger partial charge on any atom is -0.356 e. The molecule has 0 radical (unpaired) electrons. The summed E-state index contributed by atoms with van der Waals surface area (Å²) in [5.74, 6) is -0.261. The maximum atomic E-state index is 11.7. The number of carbonyl (C=O) groups excluding carboxylic acids is 1. The number of hydrogen-bond acceptors (Lipinski definition) is 4. The molecule has 0 spiro atoms. The van der Waals surface area contributed by atoms with Crippen LogP contribution in [0.15, 0.2) is 29.4 Å². The van der Waals surface area contributed by atoms with Crippen molar-refractivity contribution in [2.24, 2.45) is 5.11 Å². The van der Waals surface area contributed by atoms with Crippen LogP contribution in [-0.2, 0) is 11.2 Å². The fourth-order valence-electron chi connectivity index (χ4n) is 1.65. The van der Waals surface area contributed by atoms with Gasteiger partial charge in [-0.25, -0.2) is 0 Å². The molecule has 1 aromatic carbocycles. The minimum atomic E-state index is -0.498. The molecule has 0 bridgehead atoms. The van der Waals surface area contributed by atoms with Gasteiger partial charge in [-0.05, 0) is 18.4 Å². The molecule has 1 N–H and O–H groups in total. The van der Waals surface area contributed by atoms with Gasteiger partial charge in [-0.1, -0.05) is 23.3 Å². The molecule has 8 nitrogen and oxygen atoms in total. The molecule has 0 saturated carbocycles. The fourth-order valence-corrected chi connectivity index (χ4v) is 1.65. The second-order valence-electron chi connectivity index (χ2n) is 4.07. The van der Waals surface area contributed by atoms with Crippen LogP contribution in [0.25, 0.3) is 10.4 Å². The zero-order valence-electron chi connectivity index (χ0n) is 10.9. The van der Waals surface area contributed by atoms with E-state index in [1.807, 2.05) is 0 Å². The third-order valence-electron chi connectivity index (χ3n) is 2.61. The van der Waals surface area contributed by atoms with Crippen molar-refractivity contribution < 1.29 is 9.72 Å². The summed E-state index contributed by atoms with van der Waals surface area (Å²) in [5.41, 5.74) is 8.42. The van der Waals surface area contributed by atoms with Gasteiger partial charge < -0.3 is 5.32 Å². The van der Waals surface area contributed by atoms with Gasteiger partial charge in [0, 0.05) is 29.6 Å². The molecule has 0 saturated heterocycles.